The summed E-state index contributed by atoms with van der Waals surface area (Å²) in [6.07, 6.45) is 6.55. The van der Waals surface area contributed by atoms with Crippen molar-refractivity contribution >= 4 is 0 Å². The zero-order valence-electron chi connectivity index (χ0n) is 11.1. The first-order chi connectivity index (χ1) is 7.04. The molecule has 0 unspecified atom stereocenters. The Labute approximate surface area is 96.3 Å². The van der Waals surface area contributed by atoms with E-state index in [1.165, 1.54) is 44.2 Å². The summed E-state index contributed by atoms with van der Waals surface area (Å²) in [6.45, 7) is 14.1. The Morgan fingerprint density at radius 1 is 1.00 bits per heavy atom. The summed E-state index contributed by atoms with van der Waals surface area (Å²) >= 11 is 0. The summed E-state index contributed by atoms with van der Waals surface area (Å²) in [6, 6.07) is 0.630. The van der Waals surface area contributed by atoms with Gasteiger partial charge in [0.25, 0.3) is 0 Å². The number of unbranched alkanes of at least 4 members (excludes halogenated alkanes) is 3. The maximum absolute atomic E-state index is 4.10. The first-order valence-corrected chi connectivity index (χ1v) is 6.45. The molecule has 0 saturated carbocycles. The fraction of sp³-hybridized carbons (Fsp3) is 0.857. The van der Waals surface area contributed by atoms with Crippen LogP contribution in [0.15, 0.2) is 12.2 Å². The average molecular weight is 211 g/mol. The normalized spacial score (nSPS) is 11.3. The zero-order chi connectivity index (χ0) is 11.7. The molecule has 15 heavy (non-hydrogen) atoms. The monoisotopic (exact) mass is 211 g/mol. The van der Waals surface area contributed by atoms with Crippen molar-refractivity contribution in [3.63, 3.8) is 0 Å². The summed E-state index contributed by atoms with van der Waals surface area (Å²) in [4.78, 5) is 0. The van der Waals surface area contributed by atoms with Crippen LogP contribution in [0.25, 0.3) is 0 Å². The van der Waals surface area contributed by atoms with Crippen LogP contribution in [0.2, 0.25) is 0 Å². The van der Waals surface area contributed by atoms with Gasteiger partial charge in [-0.25, -0.2) is 0 Å². The maximum atomic E-state index is 4.10. The minimum Gasteiger partial charge on any atom is -0.315 e. The van der Waals surface area contributed by atoms with E-state index in [4.69, 9.17) is 0 Å². The molecule has 0 aliphatic heterocycles. The lowest BCUT2D eigenvalue weighted by Gasteiger charge is -2.09. The van der Waals surface area contributed by atoms with Crippen LogP contribution in [-0.2, 0) is 0 Å². The highest BCUT2D eigenvalue weighted by molar-refractivity contribution is 4.96. The highest BCUT2D eigenvalue weighted by Gasteiger charge is 1.99. The van der Waals surface area contributed by atoms with Gasteiger partial charge in [-0.2, -0.15) is 0 Å². The van der Waals surface area contributed by atoms with Gasteiger partial charge in [-0.15, -0.1) is 0 Å². The van der Waals surface area contributed by atoms with Gasteiger partial charge < -0.3 is 5.32 Å². The van der Waals surface area contributed by atoms with E-state index in [9.17, 15) is 0 Å². The molecular weight excluding hydrogens is 182 g/mol. The van der Waals surface area contributed by atoms with Gasteiger partial charge in [0.05, 0.1) is 0 Å². The SMILES string of the molecule is C=C(CCCCCCNC(C)C)C(C)C. The van der Waals surface area contributed by atoms with E-state index in [1.807, 2.05) is 0 Å². The van der Waals surface area contributed by atoms with Crippen LogP contribution in [0, 0.1) is 5.92 Å². The van der Waals surface area contributed by atoms with E-state index in [0.717, 1.165) is 0 Å². The van der Waals surface area contributed by atoms with Gasteiger partial charge in [0.1, 0.15) is 0 Å². The van der Waals surface area contributed by atoms with Crippen molar-refractivity contribution in [1.29, 1.82) is 0 Å². The molecule has 0 aromatic heterocycles. The molecule has 0 bridgehead atoms. The molecule has 0 aliphatic carbocycles. The standard InChI is InChI=1S/C14H29N/c1-12(2)14(5)10-8-6-7-9-11-15-13(3)4/h12-13,15H,5-11H2,1-4H3. The van der Waals surface area contributed by atoms with Crippen molar-refractivity contribution in [3.05, 3.63) is 12.2 Å². The Balaban J connectivity index is 3.15. The van der Waals surface area contributed by atoms with Crippen LogP contribution in [0.3, 0.4) is 0 Å². The minimum absolute atomic E-state index is 0.630. The quantitative estimate of drug-likeness (QED) is 0.446. The smallest absolute Gasteiger partial charge is 0.00103 e. The van der Waals surface area contributed by atoms with Crippen molar-refractivity contribution in [2.24, 2.45) is 5.92 Å². The molecule has 1 nitrogen and oxygen atoms in total. The fourth-order valence-corrected chi connectivity index (χ4v) is 1.51. The second-order valence-corrected chi connectivity index (χ2v) is 5.09. The molecule has 0 saturated heterocycles. The van der Waals surface area contributed by atoms with Crippen molar-refractivity contribution in [3.8, 4) is 0 Å². The summed E-state index contributed by atoms with van der Waals surface area (Å²) < 4.78 is 0. The molecule has 1 N–H and O–H groups in total. The maximum Gasteiger partial charge on any atom is 0.00103 e. The van der Waals surface area contributed by atoms with Gasteiger partial charge in [0.15, 0.2) is 0 Å². The number of hydrogen-bond donors (Lipinski definition) is 1. The molecule has 0 fully saturated rings. The molecule has 0 aromatic carbocycles. The van der Waals surface area contributed by atoms with Crippen molar-refractivity contribution in [2.75, 3.05) is 6.54 Å². The van der Waals surface area contributed by atoms with Crippen LogP contribution in [-0.4, -0.2) is 12.6 Å². The van der Waals surface area contributed by atoms with E-state index >= 15 is 0 Å². The highest BCUT2D eigenvalue weighted by atomic mass is 14.9. The molecule has 1 heteroatoms. The molecule has 0 aromatic rings. The third-order valence-corrected chi connectivity index (χ3v) is 2.79. The van der Waals surface area contributed by atoms with Crippen molar-refractivity contribution in [2.45, 2.75) is 65.8 Å². The van der Waals surface area contributed by atoms with E-state index < -0.39 is 0 Å². The largest absolute Gasteiger partial charge is 0.315 e. The number of nitrogens with one attached hydrogen (secondary N) is 1. The highest BCUT2D eigenvalue weighted by Crippen LogP contribution is 2.15. The molecule has 0 atom stereocenters. The molecule has 0 aliphatic rings. The van der Waals surface area contributed by atoms with Crippen LogP contribution in [0.4, 0.5) is 0 Å². The summed E-state index contributed by atoms with van der Waals surface area (Å²) in [7, 11) is 0. The Morgan fingerprint density at radius 2 is 1.60 bits per heavy atom. The number of allylic oxidation sites excluding steroid dienone is 1. The van der Waals surface area contributed by atoms with E-state index in [1.54, 1.807) is 0 Å². The molecule has 90 valence electrons. The molecule has 0 radical (unpaired) electrons. The van der Waals surface area contributed by atoms with Gasteiger partial charge in [0.2, 0.25) is 0 Å². The zero-order valence-corrected chi connectivity index (χ0v) is 11.1. The Morgan fingerprint density at radius 3 is 2.13 bits per heavy atom. The third kappa shape index (κ3) is 9.99. The van der Waals surface area contributed by atoms with Gasteiger partial charge in [0, 0.05) is 6.04 Å². The van der Waals surface area contributed by atoms with Gasteiger partial charge in [-0.3, -0.25) is 0 Å². The number of hydrogen-bond acceptors (Lipinski definition) is 1. The van der Waals surface area contributed by atoms with Gasteiger partial charge in [-0.05, 0) is 31.7 Å². The summed E-state index contributed by atoms with van der Waals surface area (Å²) in [5.41, 5.74) is 1.41. The predicted molar refractivity (Wildman–Crippen MR) is 70.2 cm³/mol. The van der Waals surface area contributed by atoms with E-state index in [0.29, 0.717) is 12.0 Å². The number of rotatable bonds is 9. The molecule has 0 heterocycles. The lowest BCUT2D eigenvalue weighted by Crippen LogP contribution is -2.23. The van der Waals surface area contributed by atoms with Crippen molar-refractivity contribution < 1.29 is 0 Å². The fourth-order valence-electron chi connectivity index (χ4n) is 1.51. The van der Waals surface area contributed by atoms with Crippen LogP contribution < -0.4 is 5.32 Å². The lowest BCUT2D eigenvalue weighted by atomic mass is 9.99. The van der Waals surface area contributed by atoms with E-state index in [-0.39, 0.29) is 0 Å². The Bertz CT molecular complexity index is 159. The lowest BCUT2D eigenvalue weighted by molar-refractivity contribution is 0.538. The van der Waals surface area contributed by atoms with Gasteiger partial charge >= 0.3 is 0 Å². The topological polar surface area (TPSA) is 12.0 Å². The van der Waals surface area contributed by atoms with Crippen LogP contribution >= 0.6 is 0 Å². The third-order valence-electron chi connectivity index (χ3n) is 2.79. The first-order valence-electron chi connectivity index (χ1n) is 6.45. The molecule has 0 spiro atoms. The summed E-state index contributed by atoms with van der Waals surface area (Å²) in [5.74, 6) is 0.660. The molecular formula is C14H29N. The van der Waals surface area contributed by atoms with Crippen molar-refractivity contribution in [1.82, 2.24) is 5.32 Å². The Hall–Kier alpha value is -0.300. The second-order valence-electron chi connectivity index (χ2n) is 5.09. The van der Waals surface area contributed by atoms with Gasteiger partial charge in [-0.1, -0.05) is 52.7 Å². The minimum atomic E-state index is 0.630. The molecule has 0 rings (SSSR count). The average Bonchev–Trinajstić information content (AvgIpc) is 2.15. The van der Waals surface area contributed by atoms with Crippen LogP contribution in [0.5, 0.6) is 0 Å². The predicted octanol–water partition coefficient (Wildman–Crippen LogP) is 4.15. The Kier molecular flexibility index (Phi) is 8.79. The van der Waals surface area contributed by atoms with Crippen LogP contribution in [0.1, 0.15) is 59.8 Å². The first kappa shape index (κ1) is 14.7. The van der Waals surface area contributed by atoms with E-state index in [2.05, 4.69) is 39.6 Å². The molecule has 0 amide bonds. The summed E-state index contributed by atoms with van der Waals surface area (Å²) in [5, 5.41) is 3.45. The second kappa shape index (κ2) is 8.96.